The monoisotopic (exact) mass is 262 g/mol. The zero-order valence-electron chi connectivity index (χ0n) is 11.8. The van der Waals surface area contributed by atoms with E-state index < -0.39 is 0 Å². The highest BCUT2D eigenvalue weighted by Crippen LogP contribution is 2.21. The van der Waals surface area contributed by atoms with Crippen molar-refractivity contribution in [2.24, 2.45) is 0 Å². The van der Waals surface area contributed by atoms with Gasteiger partial charge in [-0.05, 0) is 32.4 Å². The third kappa shape index (κ3) is 3.88. The number of benzene rings is 1. The molecule has 1 amide bonds. The van der Waals surface area contributed by atoms with Crippen LogP contribution in [0.2, 0.25) is 0 Å². The average molecular weight is 262 g/mol. The Labute approximate surface area is 114 Å². The van der Waals surface area contributed by atoms with Gasteiger partial charge in [-0.1, -0.05) is 6.07 Å². The molecule has 0 aromatic heterocycles. The number of hydrogen-bond acceptors (Lipinski definition) is 3. The number of carbonyl (C=O) groups is 1. The molecule has 0 radical (unpaired) electrons. The normalized spacial score (nSPS) is 19.7. The summed E-state index contributed by atoms with van der Waals surface area (Å²) in [6.45, 7) is 4.79. The Morgan fingerprint density at radius 2 is 2.21 bits per heavy atom. The molecule has 1 N–H and O–H groups in total. The smallest absolute Gasteiger partial charge is 0.222 e. The largest absolute Gasteiger partial charge is 0.491 e. The van der Waals surface area contributed by atoms with Gasteiger partial charge in [-0.25, -0.2) is 0 Å². The highest BCUT2D eigenvalue weighted by atomic mass is 16.5. The standard InChI is InChI=1S/C15H22N2O2/c1-11(2)19-14-6-4-5-12(9-14)16-13-7-8-15(18)17(3)10-13/h4-6,9,11,13,16H,7-8,10H2,1-3H3. The van der Waals surface area contributed by atoms with E-state index in [1.165, 1.54) is 0 Å². The lowest BCUT2D eigenvalue weighted by Crippen LogP contribution is -2.43. The Balaban J connectivity index is 1.97. The van der Waals surface area contributed by atoms with Gasteiger partial charge in [-0.3, -0.25) is 4.79 Å². The van der Waals surface area contributed by atoms with Crippen molar-refractivity contribution in [2.45, 2.75) is 38.8 Å². The zero-order chi connectivity index (χ0) is 13.8. The molecule has 4 nitrogen and oxygen atoms in total. The summed E-state index contributed by atoms with van der Waals surface area (Å²) in [7, 11) is 1.86. The number of nitrogens with zero attached hydrogens (tertiary/aromatic N) is 1. The van der Waals surface area contributed by atoms with E-state index in [0.717, 1.165) is 24.4 Å². The first kappa shape index (κ1) is 13.7. The molecule has 1 aromatic rings. The number of anilines is 1. The third-order valence-corrected chi connectivity index (χ3v) is 3.20. The van der Waals surface area contributed by atoms with Crippen LogP contribution in [-0.2, 0) is 4.79 Å². The van der Waals surface area contributed by atoms with E-state index in [-0.39, 0.29) is 12.0 Å². The van der Waals surface area contributed by atoms with Crippen molar-refractivity contribution < 1.29 is 9.53 Å². The number of amides is 1. The van der Waals surface area contributed by atoms with Crippen molar-refractivity contribution in [3.8, 4) is 5.75 Å². The van der Waals surface area contributed by atoms with Gasteiger partial charge in [0.2, 0.25) is 5.91 Å². The van der Waals surface area contributed by atoms with Crippen molar-refractivity contribution in [1.29, 1.82) is 0 Å². The van der Waals surface area contributed by atoms with E-state index in [0.29, 0.717) is 12.5 Å². The topological polar surface area (TPSA) is 41.6 Å². The second kappa shape index (κ2) is 5.95. The molecule has 4 heteroatoms. The molecule has 1 heterocycles. The molecular weight excluding hydrogens is 240 g/mol. The van der Waals surface area contributed by atoms with Crippen LogP contribution >= 0.6 is 0 Å². The molecular formula is C15H22N2O2. The molecule has 1 aliphatic heterocycles. The Morgan fingerprint density at radius 3 is 2.89 bits per heavy atom. The Kier molecular flexibility index (Phi) is 4.30. The maximum Gasteiger partial charge on any atom is 0.222 e. The summed E-state index contributed by atoms with van der Waals surface area (Å²) >= 11 is 0. The first-order valence-corrected chi connectivity index (χ1v) is 6.82. The summed E-state index contributed by atoms with van der Waals surface area (Å²) in [4.78, 5) is 13.2. The van der Waals surface area contributed by atoms with Crippen LogP contribution in [0.25, 0.3) is 0 Å². The van der Waals surface area contributed by atoms with Crippen molar-refractivity contribution >= 4 is 11.6 Å². The first-order valence-electron chi connectivity index (χ1n) is 6.82. The highest BCUT2D eigenvalue weighted by molar-refractivity contribution is 5.77. The van der Waals surface area contributed by atoms with Crippen LogP contribution in [0.1, 0.15) is 26.7 Å². The molecule has 2 rings (SSSR count). The lowest BCUT2D eigenvalue weighted by Gasteiger charge is -2.30. The molecule has 0 saturated carbocycles. The fourth-order valence-electron chi connectivity index (χ4n) is 2.30. The van der Waals surface area contributed by atoms with Crippen LogP contribution in [0.15, 0.2) is 24.3 Å². The zero-order valence-corrected chi connectivity index (χ0v) is 11.8. The maximum atomic E-state index is 11.4. The molecule has 1 saturated heterocycles. The van der Waals surface area contributed by atoms with Crippen LogP contribution in [0.4, 0.5) is 5.69 Å². The number of rotatable bonds is 4. The quantitative estimate of drug-likeness (QED) is 0.906. The van der Waals surface area contributed by atoms with E-state index >= 15 is 0 Å². The minimum Gasteiger partial charge on any atom is -0.491 e. The number of carbonyl (C=O) groups excluding carboxylic acids is 1. The van der Waals surface area contributed by atoms with E-state index in [1.54, 1.807) is 4.90 Å². The fourth-order valence-corrected chi connectivity index (χ4v) is 2.30. The predicted molar refractivity (Wildman–Crippen MR) is 76.5 cm³/mol. The molecule has 0 aliphatic carbocycles. The van der Waals surface area contributed by atoms with Crippen LogP contribution < -0.4 is 10.1 Å². The van der Waals surface area contributed by atoms with Crippen molar-refractivity contribution in [2.75, 3.05) is 18.9 Å². The van der Waals surface area contributed by atoms with E-state index in [4.69, 9.17) is 4.74 Å². The number of nitrogens with one attached hydrogen (secondary N) is 1. The van der Waals surface area contributed by atoms with Crippen LogP contribution in [0, 0.1) is 0 Å². The third-order valence-electron chi connectivity index (χ3n) is 3.20. The van der Waals surface area contributed by atoms with Crippen LogP contribution in [-0.4, -0.2) is 36.5 Å². The van der Waals surface area contributed by atoms with Gasteiger partial charge in [0.15, 0.2) is 0 Å². The van der Waals surface area contributed by atoms with Gasteiger partial charge >= 0.3 is 0 Å². The van der Waals surface area contributed by atoms with Crippen molar-refractivity contribution in [1.82, 2.24) is 4.90 Å². The highest BCUT2D eigenvalue weighted by Gasteiger charge is 2.22. The molecule has 19 heavy (non-hydrogen) atoms. The van der Waals surface area contributed by atoms with E-state index in [2.05, 4.69) is 5.32 Å². The van der Waals surface area contributed by atoms with Gasteiger partial charge in [-0.15, -0.1) is 0 Å². The molecule has 104 valence electrons. The number of ether oxygens (including phenoxy) is 1. The second-order valence-corrected chi connectivity index (χ2v) is 5.35. The minimum absolute atomic E-state index is 0.175. The number of likely N-dealkylation sites (tertiary alicyclic amines) is 1. The van der Waals surface area contributed by atoms with E-state index in [9.17, 15) is 4.79 Å². The van der Waals surface area contributed by atoms with Crippen LogP contribution in [0.5, 0.6) is 5.75 Å². The summed E-state index contributed by atoms with van der Waals surface area (Å²) in [6.07, 6.45) is 1.68. The number of piperidine rings is 1. The molecule has 1 aliphatic rings. The fraction of sp³-hybridized carbons (Fsp3) is 0.533. The van der Waals surface area contributed by atoms with E-state index in [1.807, 2.05) is 45.2 Å². The SMILES string of the molecule is CC(C)Oc1cccc(NC2CCC(=O)N(C)C2)c1. The average Bonchev–Trinajstić information content (AvgIpc) is 2.33. The lowest BCUT2D eigenvalue weighted by atomic mass is 10.1. The molecule has 1 fully saturated rings. The van der Waals surface area contributed by atoms with Gasteiger partial charge in [-0.2, -0.15) is 0 Å². The predicted octanol–water partition coefficient (Wildman–Crippen LogP) is 2.51. The number of likely N-dealkylation sites (N-methyl/N-ethyl adjacent to an activating group) is 1. The molecule has 0 bridgehead atoms. The Hall–Kier alpha value is -1.71. The summed E-state index contributed by atoms with van der Waals surface area (Å²) in [5.41, 5.74) is 1.05. The summed E-state index contributed by atoms with van der Waals surface area (Å²) < 4.78 is 5.68. The minimum atomic E-state index is 0.175. The first-order chi connectivity index (χ1) is 9.04. The van der Waals surface area contributed by atoms with Gasteiger partial charge in [0.1, 0.15) is 5.75 Å². The molecule has 0 spiro atoms. The molecule has 1 atom stereocenters. The van der Waals surface area contributed by atoms with Crippen molar-refractivity contribution in [3.05, 3.63) is 24.3 Å². The van der Waals surface area contributed by atoms with Crippen molar-refractivity contribution in [3.63, 3.8) is 0 Å². The maximum absolute atomic E-state index is 11.4. The lowest BCUT2D eigenvalue weighted by molar-refractivity contribution is -0.132. The van der Waals surface area contributed by atoms with Crippen LogP contribution in [0.3, 0.4) is 0 Å². The van der Waals surface area contributed by atoms with Gasteiger partial charge < -0.3 is 15.0 Å². The molecule has 1 aromatic carbocycles. The summed E-state index contributed by atoms with van der Waals surface area (Å²) in [5.74, 6) is 1.11. The second-order valence-electron chi connectivity index (χ2n) is 5.35. The molecule has 1 unspecified atom stereocenters. The number of hydrogen-bond donors (Lipinski definition) is 1. The Bertz CT molecular complexity index is 446. The summed E-state index contributed by atoms with van der Waals surface area (Å²) in [5, 5.41) is 3.47. The Morgan fingerprint density at radius 1 is 1.42 bits per heavy atom. The van der Waals surface area contributed by atoms with Gasteiger partial charge in [0, 0.05) is 37.8 Å². The van der Waals surface area contributed by atoms with Gasteiger partial charge in [0.05, 0.1) is 6.10 Å². The summed E-state index contributed by atoms with van der Waals surface area (Å²) in [6, 6.07) is 8.30. The van der Waals surface area contributed by atoms with Gasteiger partial charge in [0.25, 0.3) is 0 Å².